The second-order valence-corrected chi connectivity index (χ2v) is 19.1. The molecule has 1 fully saturated rings. The summed E-state index contributed by atoms with van der Waals surface area (Å²) in [6, 6.07) is -12.9. The average molecular weight is 1070 g/mol. The highest BCUT2D eigenvalue weighted by molar-refractivity contribution is 5.98. The molecule has 1 saturated heterocycles. The second-order valence-electron chi connectivity index (χ2n) is 19.1. The summed E-state index contributed by atoms with van der Waals surface area (Å²) in [5.74, 6) is -9.72. The molecule has 0 aliphatic carbocycles. The summed E-state index contributed by atoms with van der Waals surface area (Å²) in [4.78, 5) is 149. The third kappa shape index (κ3) is 25.3. The van der Waals surface area contributed by atoms with Crippen molar-refractivity contribution in [1.82, 2.24) is 58.5 Å². The van der Waals surface area contributed by atoms with Crippen molar-refractivity contribution in [3.8, 4) is 0 Å². The fourth-order valence-corrected chi connectivity index (χ4v) is 7.66. The van der Waals surface area contributed by atoms with Crippen LogP contribution >= 0.6 is 0 Å². The summed E-state index contributed by atoms with van der Waals surface area (Å²) in [5, 5.41) is 48.4. The number of nitrogens with two attached hydrogens (primary N) is 4. The molecule has 1 rings (SSSR count). The number of carbonyl (C=O) groups is 11. The van der Waals surface area contributed by atoms with Gasteiger partial charge in [0.05, 0.1) is 18.8 Å². The van der Waals surface area contributed by atoms with Crippen molar-refractivity contribution in [2.45, 2.75) is 185 Å². The van der Waals surface area contributed by atoms with Gasteiger partial charge >= 0.3 is 0 Å². The molecule has 0 radical (unpaired) electrons. The molecule has 0 saturated carbocycles. The SMILES string of the molecule is CCCCCCCC(=O)N[C@@H](C)C(=O)N[C@H](C(=O)N[C@@H](CCN)C(=O)N[C@H]1CCNC(=O)[C@H]([C@@H](C)O)NC(=O)[C@H](CCN)NC(=O)[C@H](CCN)NC(=O)[C@H](CC(C)C)NC(=O)CNC(=O)[C@H](CCN)NC1=O)[C@@H](C)O. The van der Waals surface area contributed by atoms with Gasteiger partial charge < -0.3 is 91.6 Å². The number of amides is 11. The van der Waals surface area contributed by atoms with Crippen LogP contribution in [0.5, 0.6) is 0 Å². The predicted octanol–water partition coefficient (Wildman–Crippen LogP) is -6.43. The Kier molecular flexibility index (Phi) is 32.1. The molecule has 0 unspecified atom stereocenters. The van der Waals surface area contributed by atoms with E-state index in [4.69, 9.17) is 22.9 Å². The number of hydrogen-bond acceptors (Lipinski definition) is 17. The number of rotatable bonds is 25. The van der Waals surface area contributed by atoms with Crippen molar-refractivity contribution in [1.29, 1.82) is 0 Å². The molecule has 11 amide bonds. The van der Waals surface area contributed by atoms with Gasteiger partial charge in [-0.2, -0.15) is 0 Å². The van der Waals surface area contributed by atoms with Crippen LogP contribution in [0.25, 0.3) is 0 Å². The van der Waals surface area contributed by atoms with Gasteiger partial charge in [-0.15, -0.1) is 0 Å². The molecule has 0 bridgehead atoms. The van der Waals surface area contributed by atoms with Gasteiger partial charge in [0.15, 0.2) is 0 Å². The van der Waals surface area contributed by atoms with E-state index in [2.05, 4.69) is 65.4 Å². The number of aliphatic hydroxyl groups is 2. The second kappa shape index (κ2) is 36.0. The zero-order chi connectivity index (χ0) is 56.8. The van der Waals surface area contributed by atoms with Crippen LogP contribution in [0.1, 0.15) is 119 Å². The average Bonchev–Trinajstić information content (AvgIpc) is 3.34. The van der Waals surface area contributed by atoms with Crippen LogP contribution in [0.3, 0.4) is 0 Å². The Morgan fingerprint density at radius 1 is 0.600 bits per heavy atom. The largest absolute Gasteiger partial charge is 0.391 e. The van der Waals surface area contributed by atoms with Crippen molar-refractivity contribution < 1.29 is 63.0 Å². The van der Waals surface area contributed by atoms with Crippen LogP contribution in [0.4, 0.5) is 0 Å². The Hall–Kier alpha value is -6.07. The molecular formula is C47H87N15O13. The van der Waals surface area contributed by atoms with E-state index in [0.717, 1.165) is 25.7 Å². The van der Waals surface area contributed by atoms with Gasteiger partial charge in [-0.05, 0) is 97.8 Å². The summed E-state index contributed by atoms with van der Waals surface area (Å²) in [7, 11) is 0. The molecule has 11 atom stereocenters. The number of hydrogen-bond donors (Lipinski definition) is 17. The molecule has 0 aromatic carbocycles. The summed E-state index contributed by atoms with van der Waals surface area (Å²) >= 11 is 0. The van der Waals surface area contributed by atoms with Crippen molar-refractivity contribution in [3.63, 3.8) is 0 Å². The first-order valence-corrected chi connectivity index (χ1v) is 25.9. The molecule has 21 N–H and O–H groups in total. The van der Waals surface area contributed by atoms with Gasteiger partial charge in [-0.25, -0.2) is 0 Å². The lowest BCUT2D eigenvalue weighted by atomic mass is 10.0. The van der Waals surface area contributed by atoms with Crippen molar-refractivity contribution in [2.75, 3.05) is 39.3 Å². The highest BCUT2D eigenvalue weighted by Gasteiger charge is 2.36. The molecule has 1 aliphatic heterocycles. The summed E-state index contributed by atoms with van der Waals surface area (Å²) in [5.41, 5.74) is 23.1. The molecule has 28 heteroatoms. The van der Waals surface area contributed by atoms with Gasteiger partial charge in [0.2, 0.25) is 65.0 Å². The zero-order valence-electron chi connectivity index (χ0n) is 44.4. The minimum Gasteiger partial charge on any atom is -0.391 e. The smallest absolute Gasteiger partial charge is 0.245 e. The van der Waals surface area contributed by atoms with E-state index in [1.54, 1.807) is 13.8 Å². The van der Waals surface area contributed by atoms with Gasteiger partial charge in [0, 0.05) is 13.0 Å². The van der Waals surface area contributed by atoms with Gasteiger partial charge in [-0.3, -0.25) is 52.7 Å². The molecule has 1 aliphatic rings. The third-order valence-corrected chi connectivity index (χ3v) is 11.9. The zero-order valence-corrected chi connectivity index (χ0v) is 44.4. The molecule has 428 valence electrons. The van der Waals surface area contributed by atoms with E-state index < -0.39 is 145 Å². The first-order valence-electron chi connectivity index (χ1n) is 25.9. The molecule has 0 aromatic heterocycles. The maximum atomic E-state index is 14.1. The maximum absolute atomic E-state index is 14.1. The monoisotopic (exact) mass is 1070 g/mol. The fraction of sp³-hybridized carbons (Fsp3) is 0.766. The van der Waals surface area contributed by atoms with E-state index in [1.165, 1.54) is 20.8 Å². The Bertz CT molecular complexity index is 1890. The number of nitrogens with one attached hydrogen (secondary N) is 11. The molecule has 0 aromatic rings. The minimum absolute atomic E-state index is 0.0789. The summed E-state index contributed by atoms with van der Waals surface area (Å²) in [6.45, 7) is 7.67. The van der Waals surface area contributed by atoms with Crippen molar-refractivity contribution >= 4 is 65.0 Å². The number of carbonyl (C=O) groups excluding carboxylic acids is 11. The lowest BCUT2D eigenvalue weighted by molar-refractivity contribution is -0.136. The Labute approximate surface area is 438 Å². The molecule has 1 heterocycles. The summed E-state index contributed by atoms with van der Waals surface area (Å²) in [6.07, 6.45) is 0.530. The van der Waals surface area contributed by atoms with E-state index in [-0.39, 0.29) is 76.5 Å². The third-order valence-electron chi connectivity index (χ3n) is 11.9. The van der Waals surface area contributed by atoms with E-state index in [1.807, 2.05) is 0 Å². The van der Waals surface area contributed by atoms with Crippen LogP contribution in [-0.2, 0) is 52.7 Å². The van der Waals surface area contributed by atoms with Gasteiger partial charge in [0.1, 0.15) is 54.4 Å². The van der Waals surface area contributed by atoms with Crippen LogP contribution in [0.15, 0.2) is 0 Å². The topological polar surface area (TPSA) is 465 Å². The number of aliphatic hydroxyl groups excluding tert-OH is 2. The van der Waals surface area contributed by atoms with Gasteiger partial charge in [0.25, 0.3) is 0 Å². The minimum atomic E-state index is -1.66. The molecular weight excluding hydrogens is 983 g/mol. The Balaban J connectivity index is 3.61. The highest BCUT2D eigenvalue weighted by Crippen LogP contribution is 2.09. The quantitative estimate of drug-likeness (QED) is 0.0378. The molecule has 75 heavy (non-hydrogen) atoms. The standard InChI is InChI=1S/C47H87N15O13/c1-7-8-9-10-11-12-35(65)54-26(4)39(67)61-38(28(6)64)47(75)60-31(15-20-50)42(70)59-33-17-22-52-46(74)37(27(5)63)62-44(72)32(16-21-51)57-41(69)30(14-19-49)58-45(73)34(23-25(2)3)55-36(66)24-53-40(68)29(13-18-48)56-43(33)71/h25-34,37-38,63-64H,7-24,48-51H2,1-6H3,(H,52,74)(H,53,68)(H,54,65)(H,55,66)(H,56,71)(H,57,69)(H,58,73)(H,59,70)(H,60,75)(H,61,67)(H,62,72)/t26-,27+,28+,29-,30-,31-,32-,33-,34-,37-,38-/m0/s1. The van der Waals surface area contributed by atoms with Crippen molar-refractivity contribution in [3.05, 3.63) is 0 Å². The summed E-state index contributed by atoms with van der Waals surface area (Å²) < 4.78 is 0. The fourth-order valence-electron chi connectivity index (χ4n) is 7.66. The van der Waals surface area contributed by atoms with E-state index >= 15 is 0 Å². The Morgan fingerprint density at radius 2 is 1.15 bits per heavy atom. The van der Waals surface area contributed by atoms with E-state index in [9.17, 15) is 63.0 Å². The van der Waals surface area contributed by atoms with Crippen LogP contribution < -0.4 is 81.4 Å². The normalized spacial score (nSPS) is 23.0. The van der Waals surface area contributed by atoms with Crippen LogP contribution in [-0.4, -0.2) is 181 Å². The van der Waals surface area contributed by atoms with Gasteiger partial charge in [-0.1, -0.05) is 46.5 Å². The van der Waals surface area contributed by atoms with Crippen LogP contribution in [0, 0.1) is 5.92 Å². The maximum Gasteiger partial charge on any atom is 0.245 e. The Morgan fingerprint density at radius 3 is 1.68 bits per heavy atom. The van der Waals surface area contributed by atoms with Crippen molar-refractivity contribution in [2.24, 2.45) is 28.9 Å². The molecule has 0 spiro atoms. The predicted molar refractivity (Wildman–Crippen MR) is 275 cm³/mol. The lowest BCUT2D eigenvalue weighted by Gasteiger charge is -2.28. The van der Waals surface area contributed by atoms with Crippen LogP contribution in [0.2, 0.25) is 0 Å². The lowest BCUT2D eigenvalue weighted by Crippen LogP contribution is -2.61. The first kappa shape index (κ1) is 66.9. The molecule has 28 nitrogen and oxygen atoms in total. The highest BCUT2D eigenvalue weighted by atomic mass is 16.3. The first-order chi connectivity index (χ1) is 35.4. The van der Waals surface area contributed by atoms with E-state index in [0.29, 0.717) is 6.42 Å². The number of unbranched alkanes of at least 4 members (excludes halogenated alkanes) is 4.